The molecule has 2 saturated heterocycles. The number of amides is 2. The number of nitrogens with zero attached hydrogens (tertiary/aromatic N) is 3. The minimum atomic E-state index is -0.699. The first-order valence-electron chi connectivity index (χ1n) is 10.2. The lowest BCUT2D eigenvalue weighted by atomic mass is 9.76. The molecule has 0 saturated carbocycles. The smallest absolute Gasteiger partial charge is 0.230 e. The van der Waals surface area contributed by atoms with Crippen LogP contribution < -0.4 is 0 Å². The Bertz CT molecular complexity index is 1040. The molecule has 7 nitrogen and oxygen atoms in total. The van der Waals surface area contributed by atoms with E-state index in [1.807, 2.05) is 55.2 Å². The van der Waals surface area contributed by atoms with E-state index in [1.54, 1.807) is 11.9 Å². The Morgan fingerprint density at radius 1 is 1.33 bits per heavy atom. The summed E-state index contributed by atoms with van der Waals surface area (Å²) in [5.74, 6) is -0.485. The monoisotopic (exact) mass is 407 g/mol. The minimum Gasteiger partial charge on any atom is -0.360 e. The number of rotatable bonds is 5. The van der Waals surface area contributed by atoms with E-state index in [0.29, 0.717) is 25.4 Å². The number of aryl methyl sites for hydroxylation is 2. The van der Waals surface area contributed by atoms with Gasteiger partial charge in [-0.3, -0.25) is 9.59 Å². The highest BCUT2D eigenvalue weighted by atomic mass is 16.5. The van der Waals surface area contributed by atoms with E-state index < -0.39 is 17.4 Å². The zero-order valence-corrected chi connectivity index (χ0v) is 17.4. The van der Waals surface area contributed by atoms with Crippen LogP contribution in [0.2, 0.25) is 0 Å². The van der Waals surface area contributed by atoms with Gasteiger partial charge in [0, 0.05) is 19.7 Å². The summed E-state index contributed by atoms with van der Waals surface area (Å²) < 4.78 is 11.5. The Balaban J connectivity index is 1.36. The van der Waals surface area contributed by atoms with Crippen molar-refractivity contribution in [2.75, 3.05) is 13.6 Å². The van der Waals surface area contributed by atoms with Gasteiger partial charge in [0.25, 0.3) is 0 Å². The Morgan fingerprint density at radius 2 is 2.17 bits per heavy atom. The van der Waals surface area contributed by atoms with Crippen molar-refractivity contribution < 1.29 is 18.8 Å². The van der Waals surface area contributed by atoms with Crippen molar-refractivity contribution in [1.82, 2.24) is 15.0 Å². The van der Waals surface area contributed by atoms with Crippen LogP contribution in [0.4, 0.5) is 0 Å². The molecule has 0 radical (unpaired) electrons. The maximum absolute atomic E-state index is 13.4. The predicted octanol–water partition coefficient (Wildman–Crippen LogP) is 2.23. The molecular weight excluding hydrogens is 382 g/mol. The SMILES string of the molecule is Cc1cccc(CN2C[C@]34C=C[C@H](O3)[C@@H](C(=O)N(C)Cc3cc(C)no3)[C@H]4C2=O)c1. The van der Waals surface area contributed by atoms with Gasteiger partial charge in [-0.1, -0.05) is 47.1 Å². The van der Waals surface area contributed by atoms with E-state index in [1.165, 1.54) is 0 Å². The average molecular weight is 407 g/mol. The molecule has 1 spiro atoms. The van der Waals surface area contributed by atoms with Gasteiger partial charge in [0.2, 0.25) is 11.8 Å². The number of fused-ring (bicyclic) bond motifs is 1. The highest BCUT2D eigenvalue weighted by molar-refractivity contribution is 5.93. The van der Waals surface area contributed by atoms with Crippen LogP contribution in [0.1, 0.15) is 22.6 Å². The number of aromatic nitrogens is 1. The zero-order chi connectivity index (χ0) is 21.0. The van der Waals surface area contributed by atoms with Gasteiger partial charge in [-0.05, 0) is 19.4 Å². The molecule has 1 aromatic heterocycles. The summed E-state index contributed by atoms with van der Waals surface area (Å²) in [7, 11) is 1.73. The lowest BCUT2D eigenvalue weighted by Crippen LogP contribution is -2.44. The lowest BCUT2D eigenvalue weighted by Gasteiger charge is -2.27. The highest BCUT2D eigenvalue weighted by Crippen LogP contribution is 2.52. The molecule has 0 aliphatic carbocycles. The number of likely N-dealkylation sites (tertiary alicyclic amines) is 1. The second-order valence-electron chi connectivity index (χ2n) is 8.71. The molecule has 2 bridgehead atoms. The van der Waals surface area contributed by atoms with E-state index in [4.69, 9.17) is 9.26 Å². The van der Waals surface area contributed by atoms with Crippen LogP contribution >= 0.6 is 0 Å². The van der Waals surface area contributed by atoms with Crippen LogP contribution in [0.3, 0.4) is 0 Å². The summed E-state index contributed by atoms with van der Waals surface area (Å²) in [5.41, 5.74) is 2.31. The van der Waals surface area contributed by atoms with Gasteiger partial charge in [-0.25, -0.2) is 0 Å². The first-order chi connectivity index (χ1) is 14.4. The largest absolute Gasteiger partial charge is 0.360 e. The molecule has 7 heteroatoms. The first kappa shape index (κ1) is 19.1. The number of carbonyl (C=O) groups is 2. The van der Waals surface area contributed by atoms with Crippen LogP contribution in [0.25, 0.3) is 0 Å². The van der Waals surface area contributed by atoms with Crippen LogP contribution in [0, 0.1) is 25.7 Å². The molecule has 0 unspecified atom stereocenters. The maximum atomic E-state index is 13.4. The third-order valence-corrected chi connectivity index (χ3v) is 6.37. The number of hydrogen-bond acceptors (Lipinski definition) is 5. The number of ether oxygens (including phenoxy) is 1. The average Bonchev–Trinajstić information content (AvgIpc) is 3.44. The zero-order valence-electron chi connectivity index (χ0n) is 17.4. The molecule has 5 rings (SSSR count). The summed E-state index contributed by atoms with van der Waals surface area (Å²) >= 11 is 0. The molecule has 3 aliphatic rings. The summed E-state index contributed by atoms with van der Waals surface area (Å²) in [6.45, 7) is 5.19. The van der Waals surface area contributed by atoms with E-state index in [0.717, 1.165) is 16.8 Å². The van der Waals surface area contributed by atoms with Crippen LogP contribution in [0.5, 0.6) is 0 Å². The molecule has 0 N–H and O–H groups in total. The van der Waals surface area contributed by atoms with Crippen molar-refractivity contribution in [2.24, 2.45) is 11.8 Å². The van der Waals surface area contributed by atoms with Crippen molar-refractivity contribution >= 4 is 11.8 Å². The Morgan fingerprint density at radius 3 is 2.90 bits per heavy atom. The van der Waals surface area contributed by atoms with Gasteiger partial charge < -0.3 is 19.1 Å². The second-order valence-corrected chi connectivity index (χ2v) is 8.71. The third kappa shape index (κ3) is 2.96. The molecule has 2 aromatic rings. The van der Waals surface area contributed by atoms with Gasteiger partial charge in [-0.15, -0.1) is 0 Å². The van der Waals surface area contributed by atoms with Crippen LogP contribution in [0.15, 0.2) is 47.0 Å². The Labute approximate surface area is 175 Å². The highest BCUT2D eigenvalue weighted by Gasteiger charge is 2.67. The molecule has 1 aromatic carbocycles. The van der Waals surface area contributed by atoms with Crippen molar-refractivity contribution in [3.63, 3.8) is 0 Å². The fourth-order valence-corrected chi connectivity index (χ4v) is 5.08. The van der Waals surface area contributed by atoms with Crippen molar-refractivity contribution in [3.05, 3.63) is 65.1 Å². The van der Waals surface area contributed by atoms with E-state index in [2.05, 4.69) is 11.2 Å². The van der Waals surface area contributed by atoms with Gasteiger partial charge in [0.1, 0.15) is 5.60 Å². The minimum absolute atomic E-state index is 0.00869. The normalized spacial score (nSPS) is 29.0. The molecule has 4 heterocycles. The number of hydrogen-bond donors (Lipinski definition) is 0. The third-order valence-electron chi connectivity index (χ3n) is 6.37. The molecule has 4 atom stereocenters. The van der Waals surface area contributed by atoms with E-state index in [9.17, 15) is 9.59 Å². The molecule has 2 amide bonds. The first-order valence-corrected chi connectivity index (χ1v) is 10.2. The quantitative estimate of drug-likeness (QED) is 0.711. The summed E-state index contributed by atoms with van der Waals surface area (Å²) in [5, 5.41) is 3.88. The van der Waals surface area contributed by atoms with Gasteiger partial charge in [-0.2, -0.15) is 0 Å². The van der Waals surface area contributed by atoms with E-state index in [-0.39, 0.29) is 17.9 Å². The second kappa shape index (κ2) is 6.80. The molecule has 3 aliphatic heterocycles. The number of benzene rings is 1. The van der Waals surface area contributed by atoms with Crippen molar-refractivity contribution in [3.8, 4) is 0 Å². The van der Waals surface area contributed by atoms with E-state index >= 15 is 0 Å². The van der Waals surface area contributed by atoms with Gasteiger partial charge in [0.05, 0.1) is 36.7 Å². The Hall–Kier alpha value is -2.93. The lowest BCUT2D eigenvalue weighted by molar-refractivity contribution is -0.143. The molecule has 2 fully saturated rings. The fraction of sp³-hybridized carbons (Fsp3) is 0.435. The molecule has 30 heavy (non-hydrogen) atoms. The fourth-order valence-electron chi connectivity index (χ4n) is 5.08. The van der Waals surface area contributed by atoms with Gasteiger partial charge in [0.15, 0.2) is 5.76 Å². The predicted molar refractivity (Wildman–Crippen MR) is 108 cm³/mol. The van der Waals surface area contributed by atoms with Crippen molar-refractivity contribution in [2.45, 2.75) is 38.6 Å². The number of carbonyl (C=O) groups excluding carboxylic acids is 2. The Kier molecular flexibility index (Phi) is 4.32. The van der Waals surface area contributed by atoms with Crippen LogP contribution in [-0.4, -0.2) is 52.1 Å². The summed E-state index contributed by atoms with van der Waals surface area (Å²) in [6.07, 6.45) is 3.57. The summed E-state index contributed by atoms with van der Waals surface area (Å²) in [6, 6.07) is 9.96. The standard InChI is InChI=1S/C23H25N3O4/c1-14-5-4-6-16(9-14)11-26-13-23-8-7-18(29-23)19(20(23)22(26)28)21(27)25(3)12-17-10-15(2)24-30-17/h4-10,18-20H,11-13H2,1-3H3/t18-,19+,20-,23-/m0/s1. The molecule has 156 valence electrons. The van der Waals surface area contributed by atoms with Gasteiger partial charge >= 0.3 is 0 Å². The van der Waals surface area contributed by atoms with Crippen molar-refractivity contribution in [1.29, 1.82) is 0 Å². The van der Waals surface area contributed by atoms with Crippen LogP contribution in [-0.2, 0) is 27.4 Å². The maximum Gasteiger partial charge on any atom is 0.230 e. The summed E-state index contributed by atoms with van der Waals surface area (Å²) in [4.78, 5) is 30.1. The topological polar surface area (TPSA) is 75.9 Å². The molecular formula is C23H25N3O4.